The molecule has 0 amide bonds. The van der Waals surface area contributed by atoms with E-state index < -0.39 is 0 Å². The summed E-state index contributed by atoms with van der Waals surface area (Å²) in [6.07, 6.45) is 4.23. The minimum atomic E-state index is -0.291. The fourth-order valence-electron chi connectivity index (χ4n) is 3.99. The van der Waals surface area contributed by atoms with E-state index in [2.05, 4.69) is 34.1 Å². The van der Waals surface area contributed by atoms with Crippen LogP contribution in [-0.4, -0.2) is 25.6 Å². The van der Waals surface area contributed by atoms with Crippen LogP contribution in [0, 0.1) is 5.92 Å². The smallest absolute Gasteiger partial charge is 0.168 e. The maximum absolute atomic E-state index is 5.96. The van der Waals surface area contributed by atoms with Crippen molar-refractivity contribution in [3.63, 3.8) is 0 Å². The second kappa shape index (κ2) is 5.00. The van der Waals surface area contributed by atoms with Gasteiger partial charge >= 0.3 is 0 Å². The molecule has 0 N–H and O–H groups in total. The summed E-state index contributed by atoms with van der Waals surface area (Å²) in [5.74, 6) is 1.94. The number of rotatable bonds is 0. The normalized spacial score (nSPS) is 31.2. The second-order valence-corrected chi connectivity index (χ2v) is 6.95. The van der Waals surface area contributed by atoms with E-state index in [9.17, 15) is 0 Å². The molecular formula is C16H19BrO3. The van der Waals surface area contributed by atoms with Crippen LogP contribution >= 0.6 is 15.9 Å². The van der Waals surface area contributed by atoms with Gasteiger partial charge in [0.25, 0.3) is 0 Å². The van der Waals surface area contributed by atoms with Crippen molar-refractivity contribution in [2.24, 2.45) is 5.92 Å². The zero-order chi connectivity index (χ0) is 13.6. The lowest BCUT2D eigenvalue weighted by atomic mass is 9.72. The summed E-state index contributed by atoms with van der Waals surface area (Å²) in [5, 5.41) is 0. The van der Waals surface area contributed by atoms with Gasteiger partial charge in [-0.3, -0.25) is 0 Å². The molecule has 0 aromatic heterocycles. The predicted molar refractivity (Wildman–Crippen MR) is 79.0 cm³/mol. The molecule has 3 aliphatic rings. The van der Waals surface area contributed by atoms with Gasteiger partial charge in [0.15, 0.2) is 5.79 Å². The van der Waals surface area contributed by atoms with Gasteiger partial charge in [-0.2, -0.15) is 0 Å². The number of benzene rings is 1. The highest BCUT2D eigenvalue weighted by molar-refractivity contribution is 9.10. The molecule has 0 bridgehead atoms. The van der Waals surface area contributed by atoms with E-state index >= 15 is 0 Å². The first-order chi connectivity index (χ1) is 9.76. The van der Waals surface area contributed by atoms with Gasteiger partial charge in [0.1, 0.15) is 5.75 Å². The highest BCUT2D eigenvalue weighted by Crippen LogP contribution is 2.50. The zero-order valence-electron chi connectivity index (χ0n) is 11.4. The van der Waals surface area contributed by atoms with Crippen LogP contribution in [0.15, 0.2) is 22.7 Å². The van der Waals surface area contributed by atoms with Crippen LogP contribution in [0.2, 0.25) is 0 Å². The summed E-state index contributed by atoms with van der Waals surface area (Å²) in [4.78, 5) is 0. The molecule has 2 fully saturated rings. The molecule has 0 radical (unpaired) electrons. The molecule has 3 nitrogen and oxygen atoms in total. The van der Waals surface area contributed by atoms with Crippen LogP contribution in [0.1, 0.15) is 37.2 Å². The molecule has 2 atom stereocenters. The Morgan fingerprint density at radius 1 is 1.10 bits per heavy atom. The van der Waals surface area contributed by atoms with Crippen molar-refractivity contribution in [3.8, 4) is 5.75 Å². The summed E-state index contributed by atoms with van der Waals surface area (Å²) < 4.78 is 18.9. The molecule has 1 spiro atoms. The molecule has 1 aromatic carbocycles. The fraction of sp³-hybridized carbons (Fsp3) is 0.625. The van der Waals surface area contributed by atoms with E-state index in [4.69, 9.17) is 14.2 Å². The Morgan fingerprint density at radius 3 is 2.80 bits per heavy atom. The Labute approximate surface area is 127 Å². The lowest BCUT2D eigenvalue weighted by molar-refractivity contribution is -0.190. The minimum Gasteiger partial charge on any atom is -0.493 e. The van der Waals surface area contributed by atoms with Crippen molar-refractivity contribution in [1.82, 2.24) is 0 Å². The highest BCUT2D eigenvalue weighted by Gasteiger charge is 2.46. The molecule has 1 saturated heterocycles. The van der Waals surface area contributed by atoms with Crippen molar-refractivity contribution in [2.75, 3.05) is 19.8 Å². The van der Waals surface area contributed by atoms with Gasteiger partial charge in [0, 0.05) is 17.3 Å². The quantitative estimate of drug-likeness (QED) is 0.718. The third-order valence-corrected chi connectivity index (χ3v) is 5.41. The number of halogens is 1. The van der Waals surface area contributed by atoms with Gasteiger partial charge in [-0.05, 0) is 42.4 Å². The average Bonchev–Trinajstić information content (AvgIpc) is 2.80. The minimum absolute atomic E-state index is 0.291. The Morgan fingerprint density at radius 2 is 1.95 bits per heavy atom. The van der Waals surface area contributed by atoms with Crippen molar-refractivity contribution in [2.45, 2.75) is 37.4 Å². The van der Waals surface area contributed by atoms with Gasteiger partial charge in [0.2, 0.25) is 0 Å². The number of fused-ring (bicyclic) bond motifs is 3. The first-order valence-electron chi connectivity index (χ1n) is 7.46. The summed E-state index contributed by atoms with van der Waals surface area (Å²) in [7, 11) is 0. The standard InChI is InChI=1S/C16H19BrO3/c17-12-1-2-14-13-3-5-16(19-7-8-20-16)10-11(13)4-6-18-15(14)9-12/h1-2,9,11,13H,3-8,10H2/t11-,13-/m1/s1. The largest absolute Gasteiger partial charge is 0.493 e. The fourth-order valence-corrected chi connectivity index (χ4v) is 4.33. The average molecular weight is 339 g/mol. The molecule has 20 heavy (non-hydrogen) atoms. The Bertz CT molecular complexity index is 510. The van der Waals surface area contributed by atoms with Crippen molar-refractivity contribution in [1.29, 1.82) is 0 Å². The van der Waals surface area contributed by atoms with Crippen molar-refractivity contribution in [3.05, 3.63) is 28.2 Å². The van der Waals surface area contributed by atoms with Crippen LogP contribution in [-0.2, 0) is 9.47 Å². The van der Waals surface area contributed by atoms with E-state index in [1.807, 2.05) is 0 Å². The molecule has 4 rings (SSSR count). The number of hydrogen-bond donors (Lipinski definition) is 0. The van der Waals surface area contributed by atoms with Crippen LogP contribution < -0.4 is 4.74 Å². The van der Waals surface area contributed by atoms with Gasteiger partial charge in [0.05, 0.1) is 19.8 Å². The molecule has 1 aromatic rings. The van der Waals surface area contributed by atoms with Crippen LogP contribution in [0.4, 0.5) is 0 Å². The molecule has 1 saturated carbocycles. The molecule has 2 aliphatic heterocycles. The molecular weight excluding hydrogens is 320 g/mol. The van der Waals surface area contributed by atoms with E-state index in [1.165, 1.54) is 5.56 Å². The monoisotopic (exact) mass is 338 g/mol. The lowest BCUT2D eigenvalue weighted by Crippen LogP contribution is -2.39. The Kier molecular flexibility index (Phi) is 3.28. The van der Waals surface area contributed by atoms with E-state index in [-0.39, 0.29) is 5.79 Å². The zero-order valence-corrected chi connectivity index (χ0v) is 13.0. The molecule has 2 heterocycles. The Hall–Kier alpha value is -0.580. The second-order valence-electron chi connectivity index (χ2n) is 6.04. The third-order valence-electron chi connectivity index (χ3n) is 4.91. The van der Waals surface area contributed by atoms with E-state index in [1.54, 1.807) is 0 Å². The predicted octanol–water partition coefficient (Wildman–Crippen LogP) is 3.86. The summed E-state index contributed by atoms with van der Waals surface area (Å²) in [6, 6.07) is 6.44. The van der Waals surface area contributed by atoms with Crippen molar-refractivity contribution < 1.29 is 14.2 Å². The first-order valence-corrected chi connectivity index (χ1v) is 8.25. The first kappa shape index (κ1) is 13.1. The van der Waals surface area contributed by atoms with Gasteiger partial charge < -0.3 is 14.2 Å². The summed E-state index contributed by atoms with van der Waals surface area (Å²) in [6.45, 7) is 2.29. The highest BCUT2D eigenvalue weighted by atomic mass is 79.9. The van der Waals surface area contributed by atoms with E-state index in [0.717, 1.165) is 55.7 Å². The van der Waals surface area contributed by atoms with Crippen molar-refractivity contribution >= 4 is 15.9 Å². The number of hydrogen-bond acceptors (Lipinski definition) is 3. The lowest BCUT2D eigenvalue weighted by Gasteiger charge is -2.40. The number of ether oxygens (including phenoxy) is 3. The Balaban J connectivity index is 1.64. The maximum atomic E-state index is 5.96. The van der Waals surface area contributed by atoms with Gasteiger partial charge in [-0.15, -0.1) is 0 Å². The van der Waals surface area contributed by atoms with Crippen LogP contribution in [0.5, 0.6) is 5.75 Å². The molecule has 0 unspecified atom stereocenters. The summed E-state index contributed by atoms with van der Waals surface area (Å²) >= 11 is 3.53. The molecule has 1 aliphatic carbocycles. The van der Waals surface area contributed by atoms with Gasteiger partial charge in [-0.1, -0.05) is 22.0 Å². The molecule has 108 valence electrons. The van der Waals surface area contributed by atoms with E-state index in [0.29, 0.717) is 11.8 Å². The SMILES string of the molecule is Brc1ccc2c(c1)OCC[C@@H]1CC3(CC[C@@H]21)OCCO3. The third kappa shape index (κ3) is 2.18. The van der Waals surface area contributed by atoms with Crippen LogP contribution in [0.3, 0.4) is 0 Å². The topological polar surface area (TPSA) is 27.7 Å². The maximum Gasteiger partial charge on any atom is 0.168 e. The molecule has 4 heteroatoms. The van der Waals surface area contributed by atoms with Gasteiger partial charge in [-0.25, -0.2) is 0 Å². The summed E-state index contributed by atoms with van der Waals surface area (Å²) in [5.41, 5.74) is 1.36. The van der Waals surface area contributed by atoms with Crippen LogP contribution in [0.25, 0.3) is 0 Å².